The summed E-state index contributed by atoms with van der Waals surface area (Å²) in [6, 6.07) is 7.92. The van der Waals surface area contributed by atoms with Gasteiger partial charge in [0.05, 0.1) is 12.5 Å². The van der Waals surface area contributed by atoms with Gasteiger partial charge in [0.1, 0.15) is 5.75 Å². The summed E-state index contributed by atoms with van der Waals surface area (Å²) in [7, 11) is 1.66. The molecule has 3 rings (SSSR count). The number of carbonyl (C=O) groups excluding carboxylic acids is 1. The second kappa shape index (κ2) is 8.68. The lowest BCUT2D eigenvalue weighted by molar-refractivity contribution is -0.130. The topological polar surface area (TPSA) is 50.8 Å². The van der Waals surface area contributed by atoms with E-state index in [9.17, 15) is 4.79 Å². The minimum Gasteiger partial charge on any atom is -0.497 e. The second-order valence-corrected chi connectivity index (χ2v) is 7.08. The van der Waals surface area contributed by atoms with Gasteiger partial charge in [0, 0.05) is 26.3 Å². The van der Waals surface area contributed by atoms with E-state index >= 15 is 0 Å². The van der Waals surface area contributed by atoms with E-state index in [1.807, 2.05) is 24.3 Å². The van der Waals surface area contributed by atoms with Gasteiger partial charge in [-0.05, 0) is 56.5 Å². The summed E-state index contributed by atoms with van der Waals surface area (Å²) < 4.78 is 10.8. The first-order valence-electron chi connectivity index (χ1n) is 9.47. The molecule has 5 heteroatoms. The molecule has 2 aliphatic rings. The molecule has 0 aliphatic carbocycles. The number of hydrogen-bond acceptors (Lipinski definition) is 4. The average molecular weight is 346 g/mol. The highest BCUT2D eigenvalue weighted by Gasteiger charge is 2.41. The molecular formula is C20H30N2O3. The molecule has 2 aliphatic heterocycles. The van der Waals surface area contributed by atoms with Crippen LogP contribution < -0.4 is 10.1 Å². The minimum atomic E-state index is -0.480. The summed E-state index contributed by atoms with van der Waals surface area (Å²) in [6.45, 7) is 5.25. The predicted octanol–water partition coefficient (Wildman–Crippen LogP) is 2.35. The molecule has 0 aromatic heterocycles. The van der Waals surface area contributed by atoms with Gasteiger partial charge in [-0.25, -0.2) is 0 Å². The number of benzene rings is 1. The van der Waals surface area contributed by atoms with Crippen LogP contribution in [-0.4, -0.2) is 57.3 Å². The quantitative estimate of drug-likeness (QED) is 0.859. The van der Waals surface area contributed by atoms with Crippen molar-refractivity contribution in [2.45, 2.75) is 37.5 Å². The third-order valence-electron chi connectivity index (χ3n) is 5.59. The van der Waals surface area contributed by atoms with Crippen LogP contribution >= 0.6 is 0 Å². The van der Waals surface area contributed by atoms with Gasteiger partial charge in [0.15, 0.2) is 0 Å². The Balaban J connectivity index is 1.65. The lowest BCUT2D eigenvalue weighted by Gasteiger charge is -2.36. The maximum atomic E-state index is 13.1. The number of amides is 1. The zero-order valence-electron chi connectivity index (χ0n) is 15.3. The third kappa shape index (κ3) is 4.33. The molecule has 2 saturated heterocycles. The predicted molar refractivity (Wildman–Crippen MR) is 98.0 cm³/mol. The normalized spacial score (nSPS) is 20.8. The number of nitrogens with one attached hydrogen (secondary N) is 1. The molecule has 1 aromatic rings. The van der Waals surface area contributed by atoms with Crippen LogP contribution in [0.5, 0.6) is 5.75 Å². The van der Waals surface area contributed by atoms with E-state index in [0.29, 0.717) is 13.2 Å². The Kier molecular flexibility index (Phi) is 6.32. The molecule has 0 radical (unpaired) electrons. The number of hydrogen-bond donors (Lipinski definition) is 1. The van der Waals surface area contributed by atoms with Crippen molar-refractivity contribution in [3.8, 4) is 5.75 Å². The summed E-state index contributed by atoms with van der Waals surface area (Å²) >= 11 is 0. The molecular weight excluding hydrogens is 316 g/mol. The van der Waals surface area contributed by atoms with E-state index < -0.39 is 5.41 Å². The Morgan fingerprint density at radius 3 is 2.48 bits per heavy atom. The van der Waals surface area contributed by atoms with E-state index in [-0.39, 0.29) is 5.91 Å². The summed E-state index contributed by atoms with van der Waals surface area (Å²) in [5.41, 5.74) is 0.582. The fourth-order valence-electron chi connectivity index (χ4n) is 3.96. The number of nitrogens with zero attached hydrogens (tertiary/aromatic N) is 1. The van der Waals surface area contributed by atoms with E-state index in [4.69, 9.17) is 9.47 Å². The van der Waals surface area contributed by atoms with Gasteiger partial charge in [0.2, 0.25) is 5.91 Å². The second-order valence-electron chi connectivity index (χ2n) is 7.08. The van der Waals surface area contributed by atoms with Crippen molar-refractivity contribution in [2.24, 2.45) is 0 Å². The largest absolute Gasteiger partial charge is 0.497 e. The number of piperidine rings is 1. The number of likely N-dealkylation sites (tertiary alicyclic amines) is 1. The fourth-order valence-corrected chi connectivity index (χ4v) is 3.96. The Labute approximate surface area is 150 Å². The highest BCUT2D eigenvalue weighted by molar-refractivity contribution is 5.88. The Morgan fingerprint density at radius 1 is 1.16 bits per heavy atom. The SMILES string of the molecule is COc1ccc(C2(C(=O)NCCN3CCCCC3)CCOCC2)cc1. The zero-order chi connectivity index (χ0) is 17.5. The maximum Gasteiger partial charge on any atom is 0.230 e. The van der Waals surface area contributed by atoms with Crippen molar-refractivity contribution in [3.05, 3.63) is 29.8 Å². The number of rotatable bonds is 6. The van der Waals surface area contributed by atoms with Gasteiger partial charge < -0.3 is 19.7 Å². The number of carbonyl (C=O) groups is 1. The van der Waals surface area contributed by atoms with Gasteiger partial charge >= 0.3 is 0 Å². The molecule has 25 heavy (non-hydrogen) atoms. The van der Waals surface area contributed by atoms with Crippen LogP contribution in [0.2, 0.25) is 0 Å². The van der Waals surface area contributed by atoms with Gasteiger partial charge in [-0.15, -0.1) is 0 Å². The van der Waals surface area contributed by atoms with Gasteiger partial charge in [-0.2, -0.15) is 0 Å². The summed E-state index contributed by atoms with van der Waals surface area (Å²) in [5.74, 6) is 0.953. The van der Waals surface area contributed by atoms with Crippen LogP contribution in [0.1, 0.15) is 37.7 Å². The minimum absolute atomic E-state index is 0.137. The Bertz CT molecular complexity index is 547. The van der Waals surface area contributed by atoms with Crippen LogP contribution in [0.15, 0.2) is 24.3 Å². The first-order chi connectivity index (χ1) is 12.2. The summed E-state index contributed by atoms with van der Waals surface area (Å²) in [4.78, 5) is 15.6. The molecule has 0 saturated carbocycles. The molecule has 0 atom stereocenters. The Morgan fingerprint density at radius 2 is 1.84 bits per heavy atom. The molecule has 2 fully saturated rings. The highest BCUT2D eigenvalue weighted by Crippen LogP contribution is 2.36. The monoisotopic (exact) mass is 346 g/mol. The van der Waals surface area contributed by atoms with E-state index in [2.05, 4.69) is 10.2 Å². The van der Waals surface area contributed by atoms with E-state index in [1.165, 1.54) is 19.3 Å². The third-order valence-corrected chi connectivity index (χ3v) is 5.59. The molecule has 138 valence electrons. The smallest absolute Gasteiger partial charge is 0.230 e. The summed E-state index contributed by atoms with van der Waals surface area (Å²) in [6.07, 6.45) is 5.36. The first-order valence-corrected chi connectivity index (χ1v) is 9.47. The lowest BCUT2D eigenvalue weighted by atomic mass is 9.73. The van der Waals surface area contributed by atoms with Gasteiger partial charge in [-0.3, -0.25) is 4.79 Å². The van der Waals surface area contributed by atoms with Gasteiger partial charge in [-0.1, -0.05) is 18.6 Å². The van der Waals surface area contributed by atoms with Crippen molar-refractivity contribution < 1.29 is 14.3 Å². The lowest BCUT2D eigenvalue weighted by Crippen LogP contribution is -2.49. The van der Waals surface area contributed by atoms with Crippen LogP contribution in [0.4, 0.5) is 0 Å². The van der Waals surface area contributed by atoms with Crippen molar-refractivity contribution in [1.82, 2.24) is 10.2 Å². The van der Waals surface area contributed by atoms with Crippen molar-refractivity contribution in [3.63, 3.8) is 0 Å². The number of ether oxygens (including phenoxy) is 2. The van der Waals surface area contributed by atoms with Crippen LogP contribution in [0.25, 0.3) is 0 Å². The average Bonchev–Trinajstić information content (AvgIpc) is 2.69. The van der Waals surface area contributed by atoms with E-state index in [1.54, 1.807) is 7.11 Å². The molecule has 2 heterocycles. The summed E-state index contributed by atoms with van der Waals surface area (Å²) in [5, 5.41) is 3.20. The molecule has 0 spiro atoms. The van der Waals surface area contributed by atoms with Gasteiger partial charge in [0.25, 0.3) is 0 Å². The standard InChI is InChI=1S/C20H30N2O3/c1-24-18-7-5-17(6-8-18)20(9-15-25-16-10-20)19(23)21-11-14-22-12-3-2-4-13-22/h5-8H,2-4,9-16H2,1H3,(H,21,23). The van der Waals surface area contributed by atoms with E-state index in [0.717, 1.165) is 50.3 Å². The molecule has 1 N–H and O–H groups in total. The van der Waals surface area contributed by atoms with Crippen molar-refractivity contribution in [2.75, 3.05) is 46.5 Å². The Hall–Kier alpha value is -1.59. The first kappa shape index (κ1) is 18.2. The van der Waals surface area contributed by atoms with Crippen LogP contribution in [0.3, 0.4) is 0 Å². The molecule has 1 amide bonds. The molecule has 0 bridgehead atoms. The zero-order valence-corrected chi connectivity index (χ0v) is 15.3. The van der Waals surface area contributed by atoms with Crippen LogP contribution in [-0.2, 0) is 14.9 Å². The van der Waals surface area contributed by atoms with Crippen LogP contribution in [0, 0.1) is 0 Å². The van der Waals surface area contributed by atoms with Crippen molar-refractivity contribution in [1.29, 1.82) is 0 Å². The molecule has 1 aromatic carbocycles. The molecule has 0 unspecified atom stereocenters. The van der Waals surface area contributed by atoms with Crippen molar-refractivity contribution >= 4 is 5.91 Å². The fraction of sp³-hybridized carbons (Fsp3) is 0.650. The molecule has 5 nitrogen and oxygen atoms in total. The highest BCUT2D eigenvalue weighted by atomic mass is 16.5. The maximum absolute atomic E-state index is 13.1. The number of methoxy groups -OCH3 is 1.